The number of nitrogens with two attached hydrogens (primary N) is 1. The second-order valence-corrected chi connectivity index (χ2v) is 4.67. The topological polar surface area (TPSA) is 73.5 Å². The normalized spacial score (nSPS) is 19.3. The number of hydrogen-bond acceptors (Lipinski definition) is 6. The van der Waals surface area contributed by atoms with Crippen molar-refractivity contribution >= 4 is 5.95 Å². The summed E-state index contributed by atoms with van der Waals surface area (Å²) in [5.74, 6) is 1.73. The molecule has 2 N–H and O–H groups in total. The lowest BCUT2D eigenvalue weighted by atomic mass is 10.00. The number of anilines is 1. The summed E-state index contributed by atoms with van der Waals surface area (Å²) in [4.78, 5) is 11.1. The first-order valence-corrected chi connectivity index (χ1v) is 6.72. The molecule has 0 amide bonds. The summed E-state index contributed by atoms with van der Waals surface area (Å²) in [6, 6.07) is 2.10. The van der Waals surface area contributed by atoms with Crippen molar-refractivity contribution < 1.29 is 9.47 Å². The van der Waals surface area contributed by atoms with E-state index in [1.54, 1.807) is 20.3 Å². The monoisotopic (exact) mass is 266 g/mol. The summed E-state index contributed by atoms with van der Waals surface area (Å²) in [6.07, 6.45) is 4.50. The van der Waals surface area contributed by atoms with Crippen molar-refractivity contribution in [2.45, 2.75) is 31.7 Å². The first kappa shape index (κ1) is 13.9. The van der Waals surface area contributed by atoms with E-state index < -0.39 is 0 Å². The van der Waals surface area contributed by atoms with Gasteiger partial charge in [-0.15, -0.1) is 0 Å². The van der Waals surface area contributed by atoms with Crippen LogP contribution in [-0.4, -0.2) is 43.3 Å². The fourth-order valence-electron chi connectivity index (χ4n) is 2.49. The third-order valence-corrected chi connectivity index (χ3v) is 3.47. The molecule has 2 heterocycles. The minimum atomic E-state index is 0.413. The molecule has 0 aromatic carbocycles. The van der Waals surface area contributed by atoms with Crippen molar-refractivity contribution in [3.05, 3.63) is 6.07 Å². The number of aromatic nitrogens is 2. The molecule has 1 aliphatic heterocycles. The molecule has 1 atom stereocenters. The van der Waals surface area contributed by atoms with Crippen molar-refractivity contribution in [3.63, 3.8) is 0 Å². The van der Waals surface area contributed by atoms with Crippen LogP contribution in [-0.2, 0) is 0 Å². The maximum absolute atomic E-state index is 5.69. The average Bonchev–Trinajstić information content (AvgIpc) is 2.47. The standard InChI is InChI=1S/C13H22N4O2/c1-18-11-9-12(19-2)16-13(15-11)17-8-4-3-5-10(17)6-7-14/h9-10H,3-8,14H2,1-2H3. The Kier molecular flexibility index (Phi) is 4.79. The maximum Gasteiger partial charge on any atom is 0.232 e. The van der Waals surface area contributed by atoms with Crippen LogP contribution in [0.4, 0.5) is 5.95 Å². The summed E-state index contributed by atoms with van der Waals surface area (Å²) in [7, 11) is 3.19. The van der Waals surface area contributed by atoms with Crippen LogP contribution in [0.2, 0.25) is 0 Å². The van der Waals surface area contributed by atoms with E-state index in [-0.39, 0.29) is 0 Å². The zero-order chi connectivity index (χ0) is 13.7. The van der Waals surface area contributed by atoms with Crippen LogP contribution in [0.1, 0.15) is 25.7 Å². The van der Waals surface area contributed by atoms with E-state index in [1.807, 2.05) is 0 Å². The van der Waals surface area contributed by atoms with E-state index in [4.69, 9.17) is 15.2 Å². The second kappa shape index (κ2) is 6.56. The van der Waals surface area contributed by atoms with E-state index in [0.717, 1.165) is 25.8 Å². The van der Waals surface area contributed by atoms with Gasteiger partial charge in [0.05, 0.1) is 20.3 Å². The van der Waals surface area contributed by atoms with Gasteiger partial charge in [0.15, 0.2) is 0 Å². The zero-order valence-electron chi connectivity index (χ0n) is 11.6. The van der Waals surface area contributed by atoms with Gasteiger partial charge < -0.3 is 20.1 Å². The van der Waals surface area contributed by atoms with E-state index >= 15 is 0 Å². The van der Waals surface area contributed by atoms with Gasteiger partial charge in [0.1, 0.15) is 0 Å². The Morgan fingerprint density at radius 1 is 1.26 bits per heavy atom. The summed E-state index contributed by atoms with van der Waals surface area (Å²) in [6.45, 7) is 1.64. The van der Waals surface area contributed by atoms with Crippen LogP contribution < -0.4 is 20.1 Å². The van der Waals surface area contributed by atoms with Crippen molar-refractivity contribution in [2.75, 3.05) is 32.2 Å². The molecule has 1 aliphatic rings. The SMILES string of the molecule is COc1cc(OC)nc(N2CCCCC2CCN)n1. The van der Waals surface area contributed by atoms with E-state index in [2.05, 4.69) is 14.9 Å². The molecule has 6 heteroatoms. The van der Waals surface area contributed by atoms with Crippen molar-refractivity contribution in [1.82, 2.24) is 9.97 Å². The second-order valence-electron chi connectivity index (χ2n) is 4.67. The van der Waals surface area contributed by atoms with E-state index in [1.165, 1.54) is 6.42 Å². The van der Waals surface area contributed by atoms with Gasteiger partial charge in [-0.05, 0) is 32.2 Å². The van der Waals surface area contributed by atoms with Crippen molar-refractivity contribution in [3.8, 4) is 11.8 Å². The largest absolute Gasteiger partial charge is 0.481 e. The van der Waals surface area contributed by atoms with Crippen LogP contribution >= 0.6 is 0 Å². The zero-order valence-corrected chi connectivity index (χ0v) is 11.6. The molecule has 0 spiro atoms. The van der Waals surface area contributed by atoms with Gasteiger partial charge in [-0.3, -0.25) is 0 Å². The third-order valence-electron chi connectivity index (χ3n) is 3.47. The molecule has 2 rings (SSSR count). The van der Waals surface area contributed by atoms with Gasteiger partial charge in [-0.1, -0.05) is 0 Å². The first-order valence-electron chi connectivity index (χ1n) is 6.72. The van der Waals surface area contributed by atoms with Crippen LogP contribution in [0.15, 0.2) is 6.07 Å². The van der Waals surface area contributed by atoms with Crippen molar-refractivity contribution in [2.24, 2.45) is 5.73 Å². The predicted molar refractivity (Wildman–Crippen MR) is 73.8 cm³/mol. The highest BCUT2D eigenvalue weighted by Gasteiger charge is 2.25. The number of hydrogen-bond donors (Lipinski definition) is 1. The Hall–Kier alpha value is -1.56. The Morgan fingerprint density at radius 3 is 2.53 bits per heavy atom. The number of rotatable bonds is 5. The molecule has 1 fully saturated rings. The molecule has 0 bridgehead atoms. The Bertz CT molecular complexity index is 389. The molecule has 0 radical (unpaired) electrons. The number of methoxy groups -OCH3 is 2. The van der Waals surface area contributed by atoms with Gasteiger partial charge in [0.25, 0.3) is 0 Å². The summed E-state index contributed by atoms with van der Waals surface area (Å²) >= 11 is 0. The Morgan fingerprint density at radius 2 is 1.95 bits per heavy atom. The van der Waals surface area contributed by atoms with Gasteiger partial charge in [-0.25, -0.2) is 0 Å². The minimum absolute atomic E-state index is 0.413. The molecule has 106 valence electrons. The molecule has 1 saturated heterocycles. The van der Waals surface area contributed by atoms with Gasteiger partial charge >= 0.3 is 0 Å². The third kappa shape index (κ3) is 3.26. The number of nitrogens with zero attached hydrogens (tertiary/aromatic N) is 3. The summed E-state index contributed by atoms with van der Waals surface area (Å²) in [5, 5.41) is 0. The fourth-order valence-corrected chi connectivity index (χ4v) is 2.49. The molecule has 1 aromatic heterocycles. The number of ether oxygens (including phenoxy) is 2. The van der Waals surface area contributed by atoms with Gasteiger partial charge in [0.2, 0.25) is 17.7 Å². The quantitative estimate of drug-likeness (QED) is 0.863. The van der Waals surface area contributed by atoms with Crippen LogP contribution in [0, 0.1) is 0 Å². The lowest BCUT2D eigenvalue weighted by molar-refractivity contribution is 0.366. The lowest BCUT2D eigenvalue weighted by Crippen LogP contribution is -2.41. The highest BCUT2D eigenvalue weighted by Crippen LogP contribution is 2.27. The molecular weight excluding hydrogens is 244 g/mol. The highest BCUT2D eigenvalue weighted by molar-refractivity contribution is 5.38. The lowest BCUT2D eigenvalue weighted by Gasteiger charge is -2.35. The Labute approximate surface area is 113 Å². The van der Waals surface area contributed by atoms with Crippen LogP contribution in [0.25, 0.3) is 0 Å². The predicted octanol–water partition coefficient (Wildman–Crippen LogP) is 1.20. The molecule has 6 nitrogen and oxygen atoms in total. The maximum atomic E-state index is 5.69. The number of piperidine rings is 1. The van der Waals surface area contributed by atoms with Crippen LogP contribution in [0.3, 0.4) is 0 Å². The molecule has 19 heavy (non-hydrogen) atoms. The molecular formula is C13H22N4O2. The van der Waals surface area contributed by atoms with Gasteiger partial charge in [0, 0.05) is 12.6 Å². The van der Waals surface area contributed by atoms with Crippen LogP contribution in [0.5, 0.6) is 11.8 Å². The first-order chi connectivity index (χ1) is 9.28. The Balaban J connectivity index is 2.26. The van der Waals surface area contributed by atoms with Crippen molar-refractivity contribution in [1.29, 1.82) is 0 Å². The van der Waals surface area contributed by atoms with E-state index in [0.29, 0.717) is 30.3 Å². The summed E-state index contributed by atoms with van der Waals surface area (Å²) in [5.41, 5.74) is 5.69. The highest BCUT2D eigenvalue weighted by atomic mass is 16.5. The average molecular weight is 266 g/mol. The molecule has 1 aromatic rings. The smallest absolute Gasteiger partial charge is 0.232 e. The molecule has 0 aliphatic carbocycles. The fraction of sp³-hybridized carbons (Fsp3) is 0.692. The molecule has 1 unspecified atom stereocenters. The minimum Gasteiger partial charge on any atom is -0.481 e. The van der Waals surface area contributed by atoms with E-state index in [9.17, 15) is 0 Å². The molecule has 0 saturated carbocycles. The summed E-state index contributed by atoms with van der Waals surface area (Å²) < 4.78 is 10.4. The van der Waals surface area contributed by atoms with Gasteiger partial charge in [-0.2, -0.15) is 9.97 Å².